The van der Waals surface area contributed by atoms with Gasteiger partial charge in [-0.1, -0.05) is 30.3 Å². The quantitative estimate of drug-likeness (QED) is 0.427. The molecule has 0 amide bonds. The summed E-state index contributed by atoms with van der Waals surface area (Å²) in [6, 6.07) is 16.6. The number of benzene rings is 2. The van der Waals surface area contributed by atoms with E-state index in [2.05, 4.69) is 45.2 Å². The van der Waals surface area contributed by atoms with Crippen LogP contribution in [0.15, 0.2) is 54.7 Å². The van der Waals surface area contributed by atoms with Crippen LogP contribution in [0, 0.1) is 4.77 Å². The van der Waals surface area contributed by atoms with E-state index in [0.29, 0.717) is 6.61 Å². The van der Waals surface area contributed by atoms with Crippen LogP contribution in [0.1, 0.15) is 22.9 Å². The second kappa shape index (κ2) is 9.96. The fourth-order valence-corrected chi connectivity index (χ4v) is 4.03. The molecule has 1 aliphatic rings. The fraction of sp³-hybridized carbons (Fsp3) is 0.318. The van der Waals surface area contributed by atoms with E-state index < -0.39 is 0 Å². The topological polar surface area (TPSA) is 51.2 Å². The number of hydrogen-bond donors (Lipinski definition) is 2. The van der Waals surface area contributed by atoms with Gasteiger partial charge in [0.1, 0.15) is 18.1 Å². The molecule has 0 saturated heterocycles. The Morgan fingerprint density at radius 2 is 2.07 bits per heavy atom. The van der Waals surface area contributed by atoms with Crippen molar-refractivity contribution in [2.24, 2.45) is 0 Å². The van der Waals surface area contributed by atoms with Crippen LogP contribution in [0.4, 0.5) is 0 Å². The zero-order valence-corrected chi connectivity index (χ0v) is 18.0. The first-order valence-electron chi connectivity index (χ1n) is 9.58. The zero-order chi connectivity index (χ0) is 19.3. The summed E-state index contributed by atoms with van der Waals surface area (Å²) in [7, 11) is 1.69. The monoisotopic (exact) mass is 431 g/mol. The number of rotatable bonds is 7. The molecule has 7 heteroatoms. The minimum Gasteiger partial charge on any atom is -0.497 e. The molecule has 2 heterocycles. The van der Waals surface area contributed by atoms with Crippen LogP contribution in [0.2, 0.25) is 0 Å². The van der Waals surface area contributed by atoms with E-state index in [1.165, 1.54) is 11.3 Å². The van der Waals surface area contributed by atoms with Crippen LogP contribution in [-0.4, -0.2) is 29.8 Å². The lowest BCUT2D eigenvalue weighted by Crippen LogP contribution is -2.27. The highest BCUT2D eigenvalue weighted by Gasteiger charge is 2.24. The fourth-order valence-electron chi connectivity index (χ4n) is 3.70. The van der Waals surface area contributed by atoms with Crippen LogP contribution in [0.5, 0.6) is 11.5 Å². The predicted octanol–water partition coefficient (Wildman–Crippen LogP) is 4.48. The number of aromatic nitrogens is 2. The molecule has 1 atom stereocenters. The first-order chi connectivity index (χ1) is 13.7. The van der Waals surface area contributed by atoms with Crippen molar-refractivity contribution in [1.29, 1.82) is 0 Å². The average molecular weight is 432 g/mol. The molecule has 3 aromatic rings. The van der Waals surface area contributed by atoms with Gasteiger partial charge in [0.2, 0.25) is 0 Å². The maximum absolute atomic E-state index is 6.00. The number of ether oxygens (including phenoxy) is 2. The smallest absolute Gasteiger partial charge is 0.177 e. The van der Waals surface area contributed by atoms with E-state index in [1.807, 2.05) is 24.4 Å². The Balaban J connectivity index is 0.00000240. The number of H-pyrrole nitrogens is 1. The van der Waals surface area contributed by atoms with Crippen molar-refractivity contribution in [1.82, 2.24) is 14.9 Å². The van der Waals surface area contributed by atoms with Gasteiger partial charge in [-0.05, 0) is 41.5 Å². The van der Waals surface area contributed by atoms with Crippen molar-refractivity contribution in [2.45, 2.75) is 25.4 Å². The summed E-state index contributed by atoms with van der Waals surface area (Å²) in [5.74, 6) is 1.79. The largest absolute Gasteiger partial charge is 0.497 e. The number of nitrogens with one attached hydrogen (secondary N) is 2. The minimum atomic E-state index is 0. The van der Waals surface area contributed by atoms with Gasteiger partial charge in [0.15, 0.2) is 4.77 Å². The van der Waals surface area contributed by atoms with E-state index in [0.717, 1.165) is 47.8 Å². The standard InChI is InChI=1S/C22H25N3O2S.ClH/c1-26-20-7-8-21-17(12-20)11-19(15-27-21)25-18(14-24-22(25)28)9-10-23-13-16-5-3-2-4-6-16;/h2-8,12,14,19,23H,9-11,13,15H2,1H3,(H,24,28);1H/t19-;/m1./s1. The highest BCUT2D eigenvalue weighted by molar-refractivity contribution is 7.71. The third-order valence-corrected chi connectivity index (χ3v) is 5.45. The molecule has 0 saturated carbocycles. The van der Waals surface area contributed by atoms with Crippen molar-refractivity contribution in [2.75, 3.05) is 20.3 Å². The van der Waals surface area contributed by atoms with Crippen LogP contribution in [0.25, 0.3) is 0 Å². The number of imidazole rings is 1. The minimum absolute atomic E-state index is 0. The summed E-state index contributed by atoms with van der Waals surface area (Å²) in [5.41, 5.74) is 3.65. The molecule has 0 radical (unpaired) electrons. The number of methoxy groups -OCH3 is 1. The molecule has 5 nitrogen and oxygen atoms in total. The first-order valence-corrected chi connectivity index (χ1v) is 9.98. The second-order valence-corrected chi connectivity index (χ2v) is 7.40. The zero-order valence-electron chi connectivity index (χ0n) is 16.4. The summed E-state index contributed by atoms with van der Waals surface area (Å²) in [6.45, 7) is 2.38. The van der Waals surface area contributed by atoms with Crippen molar-refractivity contribution < 1.29 is 9.47 Å². The molecule has 154 valence electrons. The van der Waals surface area contributed by atoms with Crippen LogP contribution < -0.4 is 14.8 Å². The summed E-state index contributed by atoms with van der Waals surface area (Å²) in [5, 5.41) is 3.51. The number of halogens is 1. The Labute approximate surface area is 182 Å². The van der Waals surface area contributed by atoms with Gasteiger partial charge in [-0.15, -0.1) is 12.4 Å². The number of nitrogens with zero attached hydrogens (tertiary/aromatic N) is 1. The molecular weight excluding hydrogens is 406 g/mol. The average Bonchev–Trinajstić information content (AvgIpc) is 3.11. The number of fused-ring (bicyclic) bond motifs is 1. The van der Waals surface area contributed by atoms with Crippen LogP contribution >= 0.6 is 24.6 Å². The Morgan fingerprint density at radius 3 is 2.86 bits per heavy atom. The lowest BCUT2D eigenvalue weighted by molar-refractivity contribution is 0.220. The molecule has 0 fully saturated rings. The highest BCUT2D eigenvalue weighted by Crippen LogP contribution is 2.33. The molecule has 1 aliphatic heterocycles. The van der Waals surface area contributed by atoms with E-state index in [9.17, 15) is 0 Å². The lowest BCUT2D eigenvalue weighted by atomic mass is 10.0. The van der Waals surface area contributed by atoms with Gasteiger partial charge < -0.3 is 24.3 Å². The van der Waals surface area contributed by atoms with Crippen molar-refractivity contribution >= 4 is 24.6 Å². The SMILES string of the molecule is COc1ccc2c(c1)C[C@@H](n1c(CCNCc3ccccc3)c[nH]c1=S)CO2.Cl. The van der Waals surface area contributed by atoms with Gasteiger partial charge in [-0.25, -0.2) is 0 Å². The van der Waals surface area contributed by atoms with Crippen molar-refractivity contribution in [3.8, 4) is 11.5 Å². The summed E-state index contributed by atoms with van der Waals surface area (Å²) in [4.78, 5) is 3.21. The number of hydrogen-bond acceptors (Lipinski definition) is 4. The van der Waals surface area contributed by atoms with Gasteiger partial charge >= 0.3 is 0 Å². The Kier molecular flexibility index (Phi) is 7.36. The van der Waals surface area contributed by atoms with E-state index >= 15 is 0 Å². The Hall–Kier alpha value is -2.28. The maximum Gasteiger partial charge on any atom is 0.177 e. The summed E-state index contributed by atoms with van der Waals surface area (Å²) >= 11 is 5.56. The lowest BCUT2D eigenvalue weighted by Gasteiger charge is -2.28. The van der Waals surface area contributed by atoms with Crippen LogP contribution in [-0.2, 0) is 19.4 Å². The van der Waals surface area contributed by atoms with E-state index in [1.54, 1.807) is 7.11 Å². The van der Waals surface area contributed by atoms with Gasteiger partial charge in [-0.3, -0.25) is 0 Å². The van der Waals surface area contributed by atoms with Gasteiger partial charge in [0.05, 0.1) is 13.2 Å². The van der Waals surface area contributed by atoms with Gasteiger partial charge in [-0.2, -0.15) is 0 Å². The highest BCUT2D eigenvalue weighted by atomic mass is 35.5. The second-order valence-electron chi connectivity index (χ2n) is 7.01. The molecule has 2 N–H and O–H groups in total. The molecule has 29 heavy (non-hydrogen) atoms. The Bertz CT molecular complexity index is 987. The van der Waals surface area contributed by atoms with E-state index in [-0.39, 0.29) is 18.4 Å². The van der Waals surface area contributed by atoms with Crippen molar-refractivity contribution in [3.05, 3.63) is 76.3 Å². The third-order valence-electron chi connectivity index (χ3n) is 5.14. The first kappa shape index (κ1) is 21.4. The molecule has 0 unspecified atom stereocenters. The van der Waals surface area contributed by atoms with Crippen molar-refractivity contribution in [3.63, 3.8) is 0 Å². The molecule has 2 aromatic carbocycles. The number of aromatic amines is 1. The molecule has 4 rings (SSSR count). The summed E-state index contributed by atoms with van der Waals surface area (Å²) in [6.07, 6.45) is 3.80. The molecule has 0 aliphatic carbocycles. The normalized spacial score (nSPS) is 15.1. The van der Waals surface area contributed by atoms with E-state index in [4.69, 9.17) is 21.7 Å². The Morgan fingerprint density at radius 1 is 1.24 bits per heavy atom. The molecular formula is C22H26ClN3O2S. The van der Waals surface area contributed by atoms with Gasteiger partial charge in [0.25, 0.3) is 0 Å². The molecule has 1 aromatic heterocycles. The summed E-state index contributed by atoms with van der Waals surface area (Å²) < 4.78 is 14.3. The van der Waals surface area contributed by atoms with Crippen LogP contribution in [0.3, 0.4) is 0 Å². The van der Waals surface area contributed by atoms with Gasteiger partial charge in [0, 0.05) is 37.8 Å². The maximum atomic E-state index is 6.00. The predicted molar refractivity (Wildman–Crippen MR) is 120 cm³/mol. The molecule has 0 spiro atoms. The third kappa shape index (κ3) is 5.01. The molecule has 0 bridgehead atoms.